The number of carbonyl (C=O) groups excluding carboxylic acids is 1. The molecule has 0 aliphatic carbocycles. The Morgan fingerprint density at radius 1 is 1.93 bits per heavy atom. The van der Waals surface area contributed by atoms with E-state index in [4.69, 9.17) is 10.5 Å². The van der Waals surface area contributed by atoms with Crippen LogP contribution < -0.4 is 5.73 Å². The van der Waals surface area contributed by atoms with Crippen LogP contribution in [0.4, 0.5) is 0 Å². The van der Waals surface area contributed by atoms with Crippen molar-refractivity contribution in [2.75, 3.05) is 13.7 Å². The van der Waals surface area contributed by atoms with E-state index in [0.29, 0.717) is 11.6 Å². The van der Waals surface area contributed by atoms with E-state index in [1.807, 2.05) is 11.9 Å². The largest absolute Gasteiger partial charge is 0.465 e. The normalized spacial score (nSPS) is 23.2. The van der Waals surface area contributed by atoms with Crippen molar-refractivity contribution >= 4 is 30.4 Å². The molecule has 0 aromatic heterocycles. The van der Waals surface area contributed by atoms with Crippen molar-refractivity contribution in [2.45, 2.75) is 17.5 Å². The molecule has 0 fully saturated rings. The summed E-state index contributed by atoms with van der Waals surface area (Å²) in [4.78, 5) is 13.2. The summed E-state index contributed by atoms with van der Waals surface area (Å²) in [6.07, 6.45) is 1.79. The lowest BCUT2D eigenvalue weighted by molar-refractivity contribution is -0.142. The average Bonchev–Trinajstić information content (AvgIpc) is 2.44. The fourth-order valence-corrected chi connectivity index (χ4v) is 2.60. The lowest BCUT2D eigenvalue weighted by atomic mass is 10.4. The van der Waals surface area contributed by atoms with Gasteiger partial charge in [0.1, 0.15) is 10.6 Å². The van der Waals surface area contributed by atoms with Crippen molar-refractivity contribution in [1.82, 2.24) is 4.90 Å². The molecule has 1 aliphatic rings. The van der Waals surface area contributed by atoms with Crippen LogP contribution in [0.1, 0.15) is 6.92 Å². The van der Waals surface area contributed by atoms with Crippen molar-refractivity contribution in [3.63, 3.8) is 0 Å². The summed E-state index contributed by atoms with van der Waals surface area (Å²) < 4.78 is 4.88. The van der Waals surface area contributed by atoms with Gasteiger partial charge in [0.2, 0.25) is 0 Å². The third-order valence-corrected chi connectivity index (χ3v) is 3.71. The Labute approximate surface area is 93.3 Å². The molecule has 0 spiro atoms. The Kier molecular flexibility index (Phi) is 4.00. The van der Waals surface area contributed by atoms with Crippen LogP contribution >= 0.6 is 24.4 Å². The first-order valence-corrected chi connectivity index (χ1v) is 5.66. The first-order chi connectivity index (χ1) is 6.56. The van der Waals surface area contributed by atoms with Gasteiger partial charge in [0.15, 0.2) is 0 Å². The molecule has 1 heterocycles. The number of ether oxygens (including phenoxy) is 1. The molecular formula is C8H14N2O2S2. The number of nitrogens with two attached hydrogens (primary N) is 1. The zero-order chi connectivity index (χ0) is 10.7. The van der Waals surface area contributed by atoms with Gasteiger partial charge in [-0.25, -0.2) is 0 Å². The molecule has 2 N–H and O–H groups in total. The molecule has 14 heavy (non-hydrogen) atoms. The molecule has 2 atom stereocenters. The lowest BCUT2D eigenvalue weighted by Crippen LogP contribution is -2.36. The molecule has 4 nitrogen and oxygen atoms in total. The monoisotopic (exact) mass is 234 g/mol. The molecule has 6 heteroatoms. The van der Waals surface area contributed by atoms with Crippen LogP contribution in [-0.4, -0.2) is 35.1 Å². The summed E-state index contributed by atoms with van der Waals surface area (Å²) in [5.74, 6) is -0.303. The lowest BCUT2D eigenvalue weighted by Gasteiger charge is -2.23. The standard InChI is InChI=1S/C8H14N2O2S2/c1-3-12-8(11)6(13)7-10(2)4-5(9)14-7/h4,6-7,13H,3,9H2,1-2H3. The van der Waals surface area contributed by atoms with Crippen molar-refractivity contribution in [3.05, 3.63) is 11.2 Å². The third kappa shape index (κ3) is 2.51. The molecule has 0 aromatic rings. The minimum atomic E-state index is -0.470. The topological polar surface area (TPSA) is 55.6 Å². The maximum Gasteiger partial charge on any atom is 0.321 e. The molecular weight excluding hydrogens is 220 g/mol. The van der Waals surface area contributed by atoms with Gasteiger partial charge in [-0.15, -0.1) is 0 Å². The highest BCUT2D eigenvalue weighted by molar-refractivity contribution is 8.04. The first kappa shape index (κ1) is 11.6. The Balaban J connectivity index is 2.54. The summed E-state index contributed by atoms with van der Waals surface area (Å²) in [6.45, 7) is 2.15. The van der Waals surface area contributed by atoms with Gasteiger partial charge in [-0.2, -0.15) is 12.6 Å². The van der Waals surface area contributed by atoms with E-state index in [2.05, 4.69) is 12.6 Å². The van der Waals surface area contributed by atoms with E-state index >= 15 is 0 Å². The van der Waals surface area contributed by atoms with Crippen molar-refractivity contribution in [3.8, 4) is 0 Å². The van der Waals surface area contributed by atoms with Gasteiger partial charge < -0.3 is 15.4 Å². The Morgan fingerprint density at radius 3 is 3.00 bits per heavy atom. The van der Waals surface area contributed by atoms with Crippen LogP contribution in [0, 0.1) is 0 Å². The highest BCUT2D eigenvalue weighted by Crippen LogP contribution is 2.32. The Hall–Kier alpha value is -0.490. The number of thioether (sulfide) groups is 1. The molecule has 0 amide bonds. The van der Waals surface area contributed by atoms with E-state index in [-0.39, 0.29) is 11.3 Å². The summed E-state index contributed by atoms with van der Waals surface area (Å²) in [6, 6.07) is 0. The second-order valence-electron chi connectivity index (χ2n) is 2.90. The summed E-state index contributed by atoms with van der Waals surface area (Å²) >= 11 is 5.65. The maximum absolute atomic E-state index is 11.4. The molecule has 0 aromatic carbocycles. The number of thiol groups is 1. The maximum atomic E-state index is 11.4. The summed E-state index contributed by atoms with van der Waals surface area (Å²) in [5.41, 5.74) is 5.62. The van der Waals surface area contributed by atoms with Crippen LogP contribution in [0.3, 0.4) is 0 Å². The van der Waals surface area contributed by atoms with E-state index in [1.165, 1.54) is 11.8 Å². The van der Waals surface area contributed by atoms with Gasteiger partial charge in [-0.1, -0.05) is 11.8 Å². The number of nitrogens with zero attached hydrogens (tertiary/aromatic N) is 1. The highest BCUT2D eigenvalue weighted by Gasteiger charge is 2.33. The van der Waals surface area contributed by atoms with E-state index < -0.39 is 5.25 Å². The molecule has 2 unspecified atom stereocenters. The van der Waals surface area contributed by atoms with E-state index in [9.17, 15) is 4.79 Å². The quantitative estimate of drug-likeness (QED) is 0.553. The minimum Gasteiger partial charge on any atom is -0.465 e. The minimum absolute atomic E-state index is 0.0719. The van der Waals surface area contributed by atoms with Crippen molar-refractivity contribution < 1.29 is 9.53 Å². The fourth-order valence-electron chi connectivity index (χ4n) is 1.16. The van der Waals surface area contributed by atoms with Crippen LogP contribution in [0.2, 0.25) is 0 Å². The number of rotatable bonds is 3. The van der Waals surface area contributed by atoms with Crippen LogP contribution in [0.15, 0.2) is 11.2 Å². The zero-order valence-electron chi connectivity index (χ0n) is 8.14. The van der Waals surface area contributed by atoms with Gasteiger partial charge in [0.05, 0.1) is 11.6 Å². The van der Waals surface area contributed by atoms with Crippen molar-refractivity contribution in [1.29, 1.82) is 0 Å². The second-order valence-corrected chi connectivity index (χ2v) is 4.65. The van der Waals surface area contributed by atoms with E-state index in [0.717, 1.165) is 0 Å². The molecule has 80 valence electrons. The van der Waals surface area contributed by atoms with Gasteiger partial charge in [-0.05, 0) is 6.92 Å². The number of hydrogen-bond donors (Lipinski definition) is 2. The zero-order valence-corrected chi connectivity index (χ0v) is 9.85. The molecule has 1 aliphatic heterocycles. The molecule has 0 bridgehead atoms. The SMILES string of the molecule is CCOC(=O)C(S)C1SC(N)=CN1C. The van der Waals surface area contributed by atoms with Gasteiger partial charge in [0.25, 0.3) is 0 Å². The van der Waals surface area contributed by atoms with Crippen LogP contribution in [0.5, 0.6) is 0 Å². The molecule has 0 radical (unpaired) electrons. The number of carbonyl (C=O) groups is 1. The van der Waals surface area contributed by atoms with Gasteiger partial charge >= 0.3 is 5.97 Å². The summed E-state index contributed by atoms with van der Waals surface area (Å²) in [5, 5.41) is 0.153. The highest BCUT2D eigenvalue weighted by atomic mass is 32.2. The summed E-state index contributed by atoms with van der Waals surface area (Å²) in [7, 11) is 1.86. The predicted octanol–water partition coefficient (Wildman–Crippen LogP) is 0.610. The third-order valence-electron chi connectivity index (χ3n) is 1.79. The fraction of sp³-hybridized carbons (Fsp3) is 0.625. The van der Waals surface area contributed by atoms with Gasteiger partial charge in [-0.3, -0.25) is 4.79 Å². The van der Waals surface area contributed by atoms with E-state index in [1.54, 1.807) is 13.1 Å². The van der Waals surface area contributed by atoms with Crippen LogP contribution in [0.25, 0.3) is 0 Å². The van der Waals surface area contributed by atoms with Gasteiger partial charge in [0, 0.05) is 13.2 Å². The number of hydrogen-bond acceptors (Lipinski definition) is 6. The smallest absolute Gasteiger partial charge is 0.321 e. The Bertz CT molecular complexity index is 258. The molecule has 1 rings (SSSR count). The average molecular weight is 234 g/mol. The van der Waals surface area contributed by atoms with Crippen molar-refractivity contribution in [2.24, 2.45) is 5.73 Å². The number of esters is 1. The molecule has 0 saturated heterocycles. The predicted molar refractivity (Wildman–Crippen MR) is 60.8 cm³/mol. The molecule has 0 saturated carbocycles. The van der Waals surface area contributed by atoms with Crippen LogP contribution in [-0.2, 0) is 9.53 Å². The first-order valence-electron chi connectivity index (χ1n) is 4.27. The Morgan fingerprint density at radius 2 is 2.57 bits per heavy atom. The second kappa shape index (κ2) is 4.84.